The molecule has 100 valence electrons. The molecule has 2 aromatic carbocycles. The van der Waals surface area contributed by atoms with Gasteiger partial charge in [0.15, 0.2) is 0 Å². The van der Waals surface area contributed by atoms with Gasteiger partial charge in [-0.3, -0.25) is 10.1 Å². The average Bonchev–Trinajstić information content (AvgIpc) is 2.53. The van der Waals surface area contributed by atoms with E-state index in [2.05, 4.69) is 0 Å². The molecule has 0 bridgehead atoms. The summed E-state index contributed by atoms with van der Waals surface area (Å²) in [7, 11) is 0. The van der Waals surface area contributed by atoms with Crippen LogP contribution in [-0.4, -0.2) is 4.92 Å². The summed E-state index contributed by atoms with van der Waals surface area (Å²) in [6.07, 6.45) is 1.50. The molecule has 0 amide bonds. The van der Waals surface area contributed by atoms with Crippen molar-refractivity contribution in [1.82, 2.24) is 0 Å². The van der Waals surface area contributed by atoms with Crippen LogP contribution in [0.25, 0.3) is 17.2 Å². The Morgan fingerprint density at radius 1 is 0.952 bits per heavy atom. The summed E-state index contributed by atoms with van der Waals surface area (Å²) in [4.78, 5) is 10.2. The van der Waals surface area contributed by atoms with Gasteiger partial charge in [0, 0.05) is 12.1 Å². The zero-order valence-corrected chi connectivity index (χ0v) is 10.9. The number of nitriles is 2. The third-order valence-corrected chi connectivity index (χ3v) is 2.87. The van der Waals surface area contributed by atoms with E-state index < -0.39 is 4.92 Å². The van der Waals surface area contributed by atoms with E-state index in [1.165, 1.54) is 18.2 Å². The van der Waals surface area contributed by atoms with Crippen molar-refractivity contribution in [3.8, 4) is 23.3 Å². The van der Waals surface area contributed by atoms with Gasteiger partial charge in [-0.2, -0.15) is 10.5 Å². The molecule has 0 spiro atoms. The lowest BCUT2D eigenvalue weighted by Crippen LogP contribution is -1.87. The van der Waals surface area contributed by atoms with E-state index in [0.717, 1.165) is 16.7 Å². The van der Waals surface area contributed by atoms with Crippen LogP contribution < -0.4 is 0 Å². The number of hydrogen-bond acceptors (Lipinski definition) is 4. The van der Waals surface area contributed by atoms with E-state index in [1.54, 1.807) is 36.4 Å². The lowest BCUT2D eigenvalue weighted by atomic mass is 10.0. The molecule has 0 radical (unpaired) electrons. The van der Waals surface area contributed by atoms with E-state index in [9.17, 15) is 10.1 Å². The predicted molar refractivity (Wildman–Crippen MR) is 77.7 cm³/mol. The SMILES string of the molecule is N#CC(C#N)=Cc1ccc(-c2ccc([N+](=O)[O-])cc2)cc1. The van der Waals surface area contributed by atoms with Gasteiger partial charge in [-0.05, 0) is 34.9 Å². The molecule has 21 heavy (non-hydrogen) atoms. The Morgan fingerprint density at radius 2 is 1.43 bits per heavy atom. The summed E-state index contributed by atoms with van der Waals surface area (Å²) < 4.78 is 0. The van der Waals surface area contributed by atoms with Crippen molar-refractivity contribution in [3.05, 3.63) is 69.8 Å². The standard InChI is InChI=1S/C16H9N3O2/c17-10-13(11-18)9-12-1-3-14(4-2-12)15-5-7-16(8-6-15)19(20)21/h1-9H. The van der Waals surface area contributed by atoms with Crippen LogP contribution in [0.3, 0.4) is 0 Å². The Hall–Kier alpha value is -3.44. The summed E-state index contributed by atoms with van der Waals surface area (Å²) in [6, 6.07) is 17.1. The van der Waals surface area contributed by atoms with Gasteiger partial charge in [-0.25, -0.2) is 0 Å². The smallest absolute Gasteiger partial charge is 0.258 e. The summed E-state index contributed by atoms with van der Waals surface area (Å²) in [5.74, 6) is 0. The summed E-state index contributed by atoms with van der Waals surface area (Å²) in [5, 5.41) is 28.0. The normalized spacial score (nSPS) is 9.24. The van der Waals surface area contributed by atoms with Crippen molar-refractivity contribution in [3.63, 3.8) is 0 Å². The molecule has 2 rings (SSSR count). The highest BCUT2D eigenvalue weighted by Crippen LogP contribution is 2.23. The quantitative estimate of drug-likeness (QED) is 0.485. The first kappa shape index (κ1) is 14.0. The summed E-state index contributed by atoms with van der Waals surface area (Å²) in [6.45, 7) is 0. The number of hydrogen-bond donors (Lipinski definition) is 0. The Labute approximate surface area is 121 Å². The molecule has 5 nitrogen and oxygen atoms in total. The molecule has 0 aliphatic carbocycles. The molecule has 0 atom stereocenters. The molecule has 0 heterocycles. The topological polar surface area (TPSA) is 90.7 Å². The molecule has 0 unspecified atom stereocenters. The molecule has 0 saturated heterocycles. The molecule has 0 aromatic heterocycles. The first-order valence-corrected chi connectivity index (χ1v) is 6.01. The second-order valence-electron chi connectivity index (χ2n) is 4.21. The highest BCUT2D eigenvalue weighted by atomic mass is 16.6. The van der Waals surface area contributed by atoms with Crippen LogP contribution in [0.1, 0.15) is 5.56 Å². The van der Waals surface area contributed by atoms with Gasteiger partial charge in [0.1, 0.15) is 17.7 Å². The minimum absolute atomic E-state index is 0.0399. The number of nitrogens with zero attached hydrogens (tertiary/aromatic N) is 3. The van der Waals surface area contributed by atoms with Crippen molar-refractivity contribution in [2.75, 3.05) is 0 Å². The van der Waals surface area contributed by atoms with Crippen molar-refractivity contribution >= 4 is 11.8 Å². The first-order chi connectivity index (χ1) is 10.1. The van der Waals surface area contributed by atoms with E-state index in [-0.39, 0.29) is 11.3 Å². The van der Waals surface area contributed by atoms with Crippen LogP contribution in [0.2, 0.25) is 0 Å². The Balaban J connectivity index is 2.27. The van der Waals surface area contributed by atoms with Gasteiger partial charge in [-0.1, -0.05) is 24.3 Å². The number of nitro benzene ring substituents is 1. The lowest BCUT2D eigenvalue weighted by Gasteiger charge is -2.02. The van der Waals surface area contributed by atoms with Crippen LogP contribution in [0.4, 0.5) is 5.69 Å². The molecule has 5 heteroatoms. The van der Waals surface area contributed by atoms with Crippen molar-refractivity contribution < 1.29 is 4.92 Å². The highest BCUT2D eigenvalue weighted by molar-refractivity contribution is 5.68. The fraction of sp³-hybridized carbons (Fsp3) is 0. The maximum absolute atomic E-state index is 10.6. The second kappa shape index (κ2) is 6.14. The zero-order chi connectivity index (χ0) is 15.2. The van der Waals surface area contributed by atoms with E-state index in [1.807, 2.05) is 12.1 Å². The molecule has 0 aliphatic rings. The number of benzene rings is 2. The maximum atomic E-state index is 10.6. The molecule has 2 aromatic rings. The molecule has 0 aliphatic heterocycles. The predicted octanol–water partition coefficient (Wildman–Crippen LogP) is 3.69. The van der Waals surface area contributed by atoms with Crippen LogP contribution >= 0.6 is 0 Å². The number of non-ortho nitro benzene ring substituents is 1. The fourth-order valence-corrected chi connectivity index (χ4v) is 1.80. The van der Waals surface area contributed by atoms with Gasteiger partial charge in [0.2, 0.25) is 0 Å². The molecule has 0 N–H and O–H groups in total. The van der Waals surface area contributed by atoms with Gasteiger partial charge in [0.05, 0.1) is 4.92 Å². The molecule has 0 saturated carbocycles. The average molecular weight is 275 g/mol. The number of allylic oxidation sites excluding steroid dienone is 1. The van der Waals surface area contributed by atoms with Crippen LogP contribution in [0.15, 0.2) is 54.1 Å². The van der Waals surface area contributed by atoms with Crippen LogP contribution in [-0.2, 0) is 0 Å². The third-order valence-electron chi connectivity index (χ3n) is 2.87. The van der Waals surface area contributed by atoms with Gasteiger partial charge in [0.25, 0.3) is 5.69 Å². The highest BCUT2D eigenvalue weighted by Gasteiger charge is 2.05. The molecular weight excluding hydrogens is 266 g/mol. The zero-order valence-electron chi connectivity index (χ0n) is 10.9. The fourth-order valence-electron chi connectivity index (χ4n) is 1.80. The van der Waals surface area contributed by atoms with Gasteiger partial charge < -0.3 is 0 Å². The largest absolute Gasteiger partial charge is 0.269 e. The van der Waals surface area contributed by atoms with Gasteiger partial charge >= 0.3 is 0 Å². The molecular formula is C16H9N3O2. The van der Waals surface area contributed by atoms with Crippen molar-refractivity contribution in [2.45, 2.75) is 0 Å². The minimum atomic E-state index is -0.441. The van der Waals surface area contributed by atoms with E-state index in [4.69, 9.17) is 10.5 Å². The lowest BCUT2D eigenvalue weighted by molar-refractivity contribution is -0.384. The Kier molecular flexibility index (Phi) is 4.09. The van der Waals surface area contributed by atoms with E-state index >= 15 is 0 Å². The summed E-state index contributed by atoms with van der Waals surface area (Å²) in [5.41, 5.74) is 2.59. The summed E-state index contributed by atoms with van der Waals surface area (Å²) >= 11 is 0. The number of rotatable bonds is 3. The minimum Gasteiger partial charge on any atom is -0.258 e. The van der Waals surface area contributed by atoms with Crippen LogP contribution in [0.5, 0.6) is 0 Å². The Bertz CT molecular complexity index is 760. The van der Waals surface area contributed by atoms with Crippen molar-refractivity contribution in [1.29, 1.82) is 10.5 Å². The van der Waals surface area contributed by atoms with E-state index in [0.29, 0.717) is 0 Å². The van der Waals surface area contributed by atoms with Crippen LogP contribution in [0, 0.1) is 32.8 Å². The maximum Gasteiger partial charge on any atom is 0.269 e. The number of nitro groups is 1. The molecule has 0 fully saturated rings. The third kappa shape index (κ3) is 3.31. The Morgan fingerprint density at radius 3 is 1.86 bits per heavy atom. The first-order valence-electron chi connectivity index (χ1n) is 6.01. The van der Waals surface area contributed by atoms with Crippen molar-refractivity contribution in [2.24, 2.45) is 0 Å². The monoisotopic (exact) mass is 275 g/mol. The second-order valence-corrected chi connectivity index (χ2v) is 4.21. The van der Waals surface area contributed by atoms with Gasteiger partial charge in [-0.15, -0.1) is 0 Å².